The minimum atomic E-state index is 0.553. The smallest absolute Gasteiger partial charge is 0.227 e. The summed E-state index contributed by atoms with van der Waals surface area (Å²) in [6.45, 7) is 0. The van der Waals surface area contributed by atoms with E-state index in [1.54, 1.807) is 6.20 Å². The van der Waals surface area contributed by atoms with Crippen molar-refractivity contribution >= 4 is 43.8 Å². The maximum Gasteiger partial charge on any atom is 0.227 e. The third-order valence-electron chi connectivity index (χ3n) is 9.06. The van der Waals surface area contributed by atoms with Crippen molar-refractivity contribution in [2.75, 3.05) is 0 Å². The van der Waals surface area contributed by atoms with Gasteiger partial charge in [-0.2, -0.15) is 0 Å². The van der Waals surface area contributed by atoms with Gasteiger partial charge in [-0.3, -0.25) is 4.98 Å². The van der Waals surface area contributed by atoms with Gasteiger partial charge in [0.2, 0.25) is 5.89 Å². The third kappa shape index (κ3) is 4.64. The Morgan fingerprint density at radius 1 is 0.380 bits per heavy atom. The Kier molecular flexibility index (Phi) is 6.35. The largest absolute Gasteiger partial charge is 0.456 e. The van der Waals surface area contributed by atoms with E-state index in [2.05, 4.69) is 41.4 Å². The van der Waals surface area contributed by atoms with Crippen molar-refractivity contribution in [3.63, 3.8) is 0 Å². The summed E-state index contributed by atoms with van der Waals surface area (Å²) in [6.07, 6.45) is 3.68. The van der Waals surface area contributed by atoms with Gasteiger partial charge in [0.25, 0.3) is 0 Å². The number of pyridine rings is 1. The van der Waals surface area contributed by atoms with E-state index in [9.17, 15) is 0 Å². The van der Waals surface area contributed by atoms with E-state index < -0.39 is 0 Å². The molecule has 0 atom stereocenters. The monoisotopic (exact) mass is 643 g/mol. The molecule has 10 rings (SSSR count). The number of fused-ring (bicyclic) bond motifs is 6. The highest BCUT2D eigenvalue weighted by Crippen LogP contribution is 2.40. The second-order valence-corrected chi connectivity index (χ2v) is 12.1. The van der Waals surface area contributed by atoms with Gasteiger partial charge in [0.1, 0.15) is 16.7 Å². The lowest BCUT2D eigenvalue weighted by Gasteiger charge is -2.12. The Labute approximate surface area is 285 Å². The molecule has 10 aromatic rings. The standard InChI is InChI=1S/C43H25N5O2/c1-3-11-26(12-4-1)40-46-41(27-13-5-2-6-14-27)48-42(47-40)29-23-28(24-44-25-29)30-19-20-33(32-16-8-7-15-31(30)32)43-45-39-37(50-43)22-21-36-38(39)34-17-9-10-18-35(34)49-36/h1-25H. The quantitative estimate of drug-likeness (QED) is 0.184. The molecule has 0 aliphatic rings. The lowest BCUT2D eigenvalue weighted by atomic mass is 9.95. The zero-order chi connectivity index (χ0) is 33.0. The van der Waals surface area contributed by atoms with E-state index in [-0.39, 0.29) is 0 Å². The van der Waals surface area contributed by atoms with Crippen molar-refractivity contribution in [3.05, 3.63) is 152 Å². The van der Waals surface area contributed by atoms with Crippen molar-refractivity contribution in [3.8, 4) is 56.7 Å². The van der Waals surface area contributed by atoms with Gasteiger partial charge in [-0.1, -0.05) is 109 Å². The van der Waals surface area contributed by atoms with Crippen LogP contribution in [0.4, 0.5) is 0 Å². The number of hydrogen-bond donors (Lipinski definition) is 0. The van der Waals surface area contributed by atoms with Crippen LogP contribution in [-0.4, -0.2) is 24.9 Å². The predicted octanol–water partition coefficient (Wildman–Crippen LogP) is 10.8. The highest BCUT2D eigenvalue weighted by molar-refractivity contribution is 6.17. The summed E-state index contributed by atoms with van der Waals surface area (Å²) < 4.78 is 12.5. The van der Waals surface area contributed by atoms with Gasteiger partial charge in [0, 0.05) is 45.6 Å². The number of benzene rings is 6. The molecule has 0 aliphatic heterocycles. The second kappa shape index (κ2) is 11.3. The maximum atomic E-state index is 6.42. The van der Waals surface area contributed by atoms with Crippen LogP contribution in [0.1, 0.15) is 0 Å². The molecule has 0 bridgehead atoms. The third-order valence-corrected chi connectivity index (χ3v) is 9.06. The summed E-state index contributed by atoms with van der Waals surface area (Å²) in [5.41, 5.74) is 8.62. The van der Waals surface area contributed by atoms with Crippen molar-refractivity contribution in [2.45, 2.75) is 0 Å². The Hall–Kier alpha value is -6.99. The molecular formula is C43H25N5O2. The fourth-order valence-corrected chi connectivity index (χ4v) is 6.70. The van der Waals surface area contributed by atoms with Crippen LogP contribution in [-0.2, 0) is 0 Å². The minimum absolute atomic E-state index is 0.553. The summed E-state index contributed by atoms with van der Waals surface area (Å²) in [5.74, 6) is 2.32. The summed E-state index contributed by atoms with van der Waals surface area (Å²) in [4.78, 5) is 24.4. The minimum Gasteiger partial charge on any atom is -0.456 e. The molecule has 0 fully saturated rings. The first kappa shape index (κ1) is 28.1. The van der Waals surface area contributed by atoms with E-state index in [0.717, 1.165) is 71.6 Å². The molecule has 0 aliphatic carbocycles. The lowest BCUT2D eigenvalue weighted by Crippen LogP contribution is -2.00. The van der Waals surface area contributed by atoms with Crippen LogP contribution in [0.25, 0.3) is 101 Å². The molecule has 4 aromatic heterocycles. The van der Waals surface area contributed by atoms with Gasteiger partial charge in [-0.25, -0.2) is 19.9 Å². The van der Waals surface area contributed by atoms with E-state index in [4.69, 9.17) is 28.8 Å². The first-order valence-electron chi connectivity index (χ1n) is 16.3. The van der Waals surface area contributed by atoms with E-state index in [1.165, 1.54) is 0 Å². The van der Waals surface area contributed by atoms with Crippen LogP contribution in [0.5, 0.6) is 0 Å². The highest BCUT2D eigenvalue weighted by Gasteiger charge is 2.19. The molecule has 0 spiro atoms. The first-order valence-corrected chi connectivity index (χ1v) is 16.3. The van der Waals surface area contributed by atoms with Gasteiger partial charge < -0.3 is 8.83 Å². The molecule has 6 aromatic carbocycles. The number of oxazole rings is 1. The molecule has 0 saturated heterocycles. The molecule has 0 amide bonds. The number of rotatable bonds is 5. The fraction of sp³-hybridized carbons (Fsp3) is 0. The van der Waals surface area contributed by atoms with Crippen LogP contribution in [0.2, 0.25) is 0 Å². The number of nitrogens with zero attached hydrogens (tertiary/aromatic N) is 5. The van der Waals surface area contributed by atoms with Crippen LogP contribution in [0, 0.1) is 0 Å². The molecule has 50 heavy (non-hydrogen) atoms. The molecule has 234 valence electrons. The molecule has 0 saturated carbocycles. The van der Waals surface area contributed by atoms with Crippen molar-refractivity contribution in [1.29, 1.82) is 0 Å². The van der Waals surface area contributed by atoms with Gasteiger partial charge >= 0.3 is 0 Å². The highest BCUT2D eigenvalue weighted by atomic mass is 16.4. The predicted molar refractivity (Wildman–Crippen MR) is 197 cm³/mol. The molecular weight excluding hydrogens is 619 g/mol. The Morgan fingerprint density at radius 3 is 1.66 bits per heavy atom. The average molecular weight is 644 g/mol. The Balaban J connectivity index is 1.10. The Morgan fingerprint density at radius 2 is 0.940 bits per heavy atom. The van der Waals surface area contributed by atoms with Crippen LogP contribution in [0.15, 0.2) is 161 Å². The van der Waals surface area contributed by atoms with E-state index in [0.29, 0.717) is 28.9 Å². The van der Waals surface area contributed by atoms with E-state index >= 15 is 0 Å². The van der Waals surface area contributed by atoms with Crippen LogP contribution < -0.4 is 0 Å². The average Bonchev–Trinajstić information content (AvgIpc) is 3.80. The summed E-state index contributed by atoms with van der Waals surface area (Å²) >= 11 is 0. The molecule has 0 radical (unpaired) electrons. The van der Waals surface area contributed by atoms with Crippen molar-refractivity contribution in [1.82, 2.24) is 24.9 Å². The number of hydrogen-bond acceptors (Lipinski definition) is 7. The number of aromatic nitrogens is 5. The fourth-order valence-electron chi connectivity index (χ4n) is 6.70. The van der Waals surface area contributed by atoms with E-state index in [1.807, 2.05) is 109 Å². The summed E-state index contributed by atoms with van der Waals surface area (Å²) in [6, 6.07) is 46.4. The number of para-hydroxylation sites is 1. The molecule has 0 unspecified atom stereocenters. The zero-order valence-electron chi connectivity index (χ0n) is 26.5. The lowest BCUT2D eigenvalue weighted by molar-refractivity contribution is 0.620. The first-order chi connectivity index (χ1) is 24.8. The van der Waals surface area contributed by atoms with Crippen molar-refractivity contribution < 1.29 is 8.83 Å². The summed E-state index contributed by atoms with van der Waals surface area (Å²) in [5, 5.41) is 4.05. The topological polar surface area (TPSA) is 90.7 Å². The second-order valence-electron chi connectivity index (χ2n) is 12.1. The van der Waals surface area contributed by atoms with Crippen LogP contribution in [0.3, 0.4) is 0 Å². The van der Waals surface area contributed by atoms with Gasteiger partial charge in [-0.15, -0.1) is 0 Å². The van der Waals surface area contributed by atoms with Gasteiger partial charge in [-0.05, 0) is 46.7 Å². The Bertz CT molecular complexity index is 2820. The van der Waals surface area contributed by atoms with Crippen LogP contribution >= 0.6 is 0 Å². The molecule has 0 N–H and O–H groups in total. The van der Waals surface area contributed by atoms with Crippen molar-refractivity contribution in [2.24, 2.45) is 0 Å². The number of furan rings is 1. The normalized spacial score (nSPS) is 11.6. The summed E-state index contributed by atoms with van der Waals surface area (Å²) in [7, 11) is 0. The van der Waals surface area contributed by atoms with Gasteiger partial charge in [0.15, 0.2) is 23.1 Å². The zero-order valence-corrected chi connectivity index (χ0v) is 26.5. The molecule has 7 heteroatoms. The van der Waals surface area contributed by atoms with Gasteiger partial charge in [0.05, 0.1) is 5.39 Å². The molecule has 7 nitrogen and oxygen atoms in total. The molecule has 4 heterocycles. The maximum absolute atomic E-state index is 6.42. The SMILES string of the molecule is c1ccc(-c2nc(-c3ccccc3)nc(-c3cncc(-c4ccc(-c5nc6c(ccc7oc8ccccc8c76)o5)c5ccccc45)c3)n2)cc1.